The van der Waals surface area contributed by atoms with E-state index in [0.29, 0.717) is 44.1 Å². The summed E-state index contributed by atoms with van der Waals surface area (Å²) in [7, 11) is -8.62. The zero-order valence-corrected chi connectivity index (χ0v) is 27.6. The Bertz CT molecular complexity index is 1430. The number of piperidine rings is 2. The predicted octanol–water partition coefficient (Wildman–Crippen LogP) is 3.79. The van der Waals surface area contributed by atoms with Gasteiger partial charge in [0.1, 0.15) is 22.1 Å². The molecule has 2 aromatic carbocycles. The minimum Gasteiger partial charge on any atom is -0.393 e. The van der Waals surface area contributed by atoms with Crippen LogP contribution in [0.2, 0.25) is 0 Å². The SMILES string of the molecule is CCCON=C(N)NOc1cc(C)cc(OS(=O)(=O)c2ccccc2S(=O)(=O)N2CCC(N3CCCCC3)CC2)c1.Cl.Cl. The number of likely N-dealkylation sites (tertiary alicyclic amines) is 1. The second-order valence-electron chi connectivity index (χ2n) is 10.2. The molecule has 0 radical (unpaired) electrons. The molecule has 0 saturated carbocycles. The molecule has 0 spiro atoms. The van der Waals surface area contributed by atoms with Gasteiger partial charge in [0, 0.05) is 25.2 Å². The van der Waals surface area contributed by atoms with Crippen LogP contribution < -0.4 is 20.2 Å². The van der Waals surface area contributed by atoms with Crippen LogP contribution in [0.1, 0.15) is 51.0 Å². The number of sulfonamides is 1. The van der Waals surface area contributed by atoms with Crippen molar-refractivity contribution in [3.05, 3.63) is 48.0 Å². The summed E-state index contributed by atoms with van der Waals surface area (Å²) in [6.45, 7) is 6.79. The van der Waals surface area contributed by atoms with E-state index in [2.05, 4.69) is 15.5 Å². The number of halogens is 2. The molecule has 0 unspecified atom stereocenters. The smallest absolute Gasteiger partial charge is 0.340 e. The predicted molar refractivity (Wildman–Crippen MR) is 169 cm³/mol. The van der Waals surface area contributed by atoms with Crippen LogP contribution in [0, 0.1) is 6.92 Å². The molecule has 2 saturated heterocycles. The molecule has 2 heterocycles. The third kappa shape index (κ3) is 9.75. The van der Waals surface area contributed by atoms with Gasteiger partial charge in [-0.1, -0.05) is 25.5 Å². The van der Waals surface area contributed by atoms with E-state index in [0.717, 1.165) is 19.5 Å². The number of hydrogen-bond acceptors (Lipinski definition) is 9. The summed E-state index contributed by atoms with van der Waals surface area (Å²) in [4.78, 5) is 12.1. The number of benzene rings is 2. The van der Waals surface area contributed by atoms with Crippen LogP contribution in [0.3, 0.4) is 0 Å². The Morgan fingerprint density at radius 1 is 0.953 bits per heavy atom. The molecule has 242 valence electrons. The Kier molecular flexibility index (Phi) is 14.1. The van der Waals surface area contributed by atoms with Crippen LogP contribution >= 0.6 is 24.8 Å². The summed E-state index contributed by atoms with van der Waals surface area (Å²) < 4.78 is 61.0. The summed E-state index contributed by atoms with van der Waals surface area (Å²) in [5.74, 6) is 0.00422. The van der Waals surface area contributed by atoms with Crippen LogP contribution in [-0.2, 0) is 25.0 Å². The minimum absolute atomic E-state index is 0. The monoisotopic (exact) mass is 681 g/mol. The Hall–Kier alpha value is -2.49. The standard InChI is InChI=1S/C27H39N5O7S2.2ClH/c1-3-17-37-29-27(28)30-38-23-18-21(2)19-24(20-23)39-41(35,36)26-10-6-5-9-25(26)40(33,34)32-15-11-22(12-16-32)31-13-7-4-8-14-31;;/h5-6,9-10,18-20,22H,3-4,7-8,11-17H2,1-2H3,(H3,28,29,30);2*1H. The number of nitrogens with one attached hydrogen (secondary N) is 1. The van der Waals surface area contributed by atoms with Crippen molar-refractivity contribution >= 4 is 50.9 Å². The molecule has 43 heavy (non-hydrogen) atoms. The molecule has 3 N–H and O–H groups in total. The van der Waals surface area contributed by atoms with Gasteiger partial charge in [-0.25, -0.2) is 8.42 Å². The highest BCUT2D eigenvalue weighted by atomic mass is 35.5. The Morgan fingerprint density at radius 3 is 2.23 bits per heavy atom. The number of hydrogen-bond donors (Lipinski definition) is 2. The molecule has 0 amide bonds. The van der Waals surface area contributed by atoms with Crippen molar-refractivity contribution in [2.24, 2.45) is 10.9 Å². The van der Waals surface area contributed by atoms with Gasteiger partial charge in [-0.15, -0.1) is 24.8 Å². The maximum atomic E-state index is 13.7. The molecule has 2 aliphatic heterocycles. The van der Waals surface area contributed by atoms with E-state index in [1.165, 1.54) is 60.0 Å². The fraction of sp³-hybridized carbons (Fsp3) is 0.519. The van der Waals surface area contributed by atoms with Gasteiger partial charge in [0.25, 0.3) is 5.96 Å². The molecule has 12 nitrogen and oxygen atoms in total. The first-order valence-electron chi connectivity index (χ1n) is 13.9. The Morgan fingerprint density at radius 2 is 1.58 bits per heavy atom. The van der Waals surface area contributed by atoms with Gasteiger partial charge >= 0.3 is 10.1 Å². The number of nitrogens with two attached hydrogens (primary N) is 1. The van der Waals surface area contributed by atoms with E-state index in [9.17, 15) is 16.8 Å². The van der Waals surface area contributed by atoms with Gasteiger partial charge in [-0.2, -0.15) is 18.2 Å². The fourth-order valence-corrected chi connectivity index (χ4v) is 8.23. The van der Waals surface area contributed by atoms with Gasteiger partial charge in [0.2, 0.25) is 10.0 Å². The highest BCUT2D eigenvalue weighted by molar-refractivity contribution is 7.91. The molecule has 0 atom stereocenters. The van der Waals surface area contributed by atoms with Gasteiger partial charge in [0.15, 0.2) is 5.75 Å². The number of hydroxylamine groups is 1. The third-order valence-electron chi connectivity index (χ3n) is 7.03. The zero-order valence-electron chi connectivity index (χ0n) is 24.3. The lowest BCUT2D eigenvalue weighted by Crippen LogP contribution is -2.48. The second-order valence-corrected chi connectivity index (χ2v) is 13.6. The average Bonchev–Trinajstić information content (AvgIpc) is 2.96. The normalized spacial score (nSPS) is 17.3. The summed E-state index contributed by atoms with van der Waals surface area (Å²) in [5, 5.41) is 3.64. The lowest BCUT2D eigenvalue weighted by molar-refractivity contribution is 0.117. The summed E-state index contributed by atoms with van der Waals surface area (Å²) in [5.41, 5.74) is 8.71. The van der Waals surface area contributed by atoms with Crippen LogP contribution in [0.25, 0.3) is 0 Å². The van der Waals surface area contributed by atoms with Crippen LogP contribution in [-0.4, -0.2) is 70.8 Å². The van der Waals surface area contributed by atoms with Gasteiger partial charge in [-0.3, -0.25) is 0 Å². The average molecular weight is 683 g/mol. The number of aryl methyl sites for hydroxylation is 1. The third-order valence-corrected chi connectivity index (χ3v) is 10.4. The van der Waals surface area contributed by atoms with Crippen molar-refractivity contribution in [1.29, 1.82) is 0 Å². The Labute approximate surface area is 266 Å². The summed E-state index contributed by atoms with van der Waals surface area (Å²) >= 11 is 0. The molecule has 16 heteroatoms. The van der Waals surface area contributed by atoms with Gasteiger partial charge < -0.3 is 24.5 Å². The molecule has 4 rings (SSSR count). The van der Waals surface area contributed by atoms with Gasteiger partial charge in [0.05, 0.1) is 0 Å². The fourth-order valence-electron chi connectivity index (χ4n) is 5.07. The quantitative estimate of drug-likeness (QED) is 0.118. The molecule has 2 aliphatic rings. The maximum Gasteiger partial charge on any atom is 0.340 e. The highest BCUT2D eigenvalue weighted by Crippen LogP contribution is 2.31. The Balaban J connectivity index is 0.00000323. The first-order chi connectivity index (χ1) is 19.6. The number of oxime groups is 1. The lowest BCUT2D eigenvalue weighted by Gasteiger charge is -2.39. The first kappa shape index (κ1) is 36.7. The van der Waals surface area contributed by atoms with E-state index < -0.39 is 25.0 Å². The van der Waals surface area contributed by atoms with E-state index in [1.807, 2.05) is 6.92 Å². The molecule has 0 aliphatic carbocycles. The first-order valence-corrected chi connectivity index (χ1v) is 16.7. The molecule has 0 aromatic heterocycles. The van der Waals surface area contributed by atoms with Crippen LogP contribution in [0.4, 0.5) is 0 Å². The van der Waals surface area contributed by atoms with E-state index in [4.69, 9.17) is 19.6 Å². The maximum absolute atomic E-state index is 13.7. The number of rotatable bonds is 11. The highest BCUT2D eigenvalue weighted by Gasteiger charge is 2.36. The van der Waals surface area contributed by atoms with Crippen molar-refractivity contribution in [3.8, 4) is 11.5 Å². The van der Waals surface area contributed by atoms with E-state index >= 15 is 0 Å². The second kappa shape index (κ2) is 16.5. The summed E-state index contributed by atoms with van der Waals surface area (Å²) in [6, 6.07) is 10.3. The molecular weight excluding hydrogens is 641 g/mol. The topological polar surface area (TPSA) is 153 Å². The van der Waals surface area contributed by atoms with Crippen LogP contribution in [0.15, 0.2) is 57.4 Å². The van der Waals surface area contributed by atoms with Gasteiger partial charge in [-0.05, 0) is 87.1 Å². The number of guanidine groups is 1. The van der Waals surface area contributed by atoms with E-state index in [-0.39, 0.29) is 47.2 Å². The van der Waals surface area contributed by atoms with Crippen molar-refractivity contribution in [1.82, 2.24) is 14.7 Å². The van der Waals surface area contributed by atoms with Crippen molar-refractivity contribution in [2.75, 3.05) is 32.8 Å². The number of nitrogens with zero attached hydrogens (tertiary/aromatic N) is 3. The molecular formula is C27H41Cl2N5O7S2. The summed E-state index contributed by atoms with van der Waals surface area (Å²) in [6.07, 6.45) is 5.76. The van der Waals surface area contributed by atoms with E-state index in [1.54, 1.807) is 13.0 Å². The minimum atomic E-state index is -4.53. The van der Waals surface area contributed by atoms with Crippen molar-refractivity contribution in [3.63, 3.8) is 0 Å². The van der Waals surface area contributed by atoms with Crippen LogP contribution in [0.5, 0.6) is 11.5 Å². The largest absolute Gasteiger partial charge is 0.393 e. The zero-order chi connectivity index (χ0) is 29.5. The molecule has 2 aromatic rings. The lowest BCUT2D eigenvalue weighted by atomic mass is 10.0. The van der Waals surface area contributed by atoms with Crippen molar-refractivity contribution in [2.45, 2.75) is 68.2 Å². The molecule has 2 fully saturated rings. The van der Waals surface area contributed by atoms with Crippen molar-refractivity contribution < 1.29 is 30.7 Å². The molecule has 0 bridgehead atoms.